The molecule has 1 N–H and O–H groups in total. The maximum Gasteiger partial charge on any atom is 0.227 e. The van der Waals surface area contributed by atoms with E-state index in [1.807, 2.05) is 13.1 Å². The third-order valence-corrected chi connectivity index (χ3v) is 1.58. The van der Waals surface area contributed by atoms with Crippen molar-refractivity contribution in [2.75, 3.05) is 19.8 Å². The van der Waals surface area contributed by atoms with E-state index >= 15 is 0 Å². The monoisotopic (exact) mass is 157 g/mol. The molecular weight excluding hydrogens is 144 g/mol. The number of nitrogens with zero attached hydrogens (tertiary/aromatic N) is 2. The molecule has 11 heavy (non-hydrogen) atoms. The van der Waals surface area contributed by atoms with Gasteiger partial charge in [-0.15, -0.1) is 4.65 Å². The van der Waals surface area contributed by atoms with Crippen molar-refractivity contribution in [1.29, 1.82) is 0 Å². The van der Waals surface area contributed by atoms with Crippen LogP contribution in [0.3, 0.4) is 0 Å². The lowest BCUT2D eigenvalue weighted by atomic mass is 10.6. The summed E-state index contributed by atoms with van der Waals surface area (Å²) in [7, 11) is 0. The van der Waals surface area contributed by atoms with E-state index in [2.05, 4.69) is 4.99 Å². The predicted molar refractivity (Wildman–Crippen MR) is 41.5 cm³/mol. The van der Waals surface area contributed by atoms with E-state index < -0.39 is 0 Å². The summed E-state index contributed by atoms with van der Waals surface area (Å²) in [6, 6.07) is 0. The molecule has 0 spiro atoms. The van der Waals surface area contributed by atoms with Gasteiger partial charge in [0.1, 0.15) is 13.2 Å². The zero-order chi connectivity index (χ0) is 8.16. The number of rotatable bonds is 4. The smallest absolute Gasteiger partial charge is 0.227 e. The van der Waals surface area contributed by atoms with Crippen LogP contribution in [0.5, 0.6) is 0 Å². The second kappa shape index (κ2) is 3.61. The van der Waals surface area contributed by atoms with E-state index in [0.717, 1.165) is 6.54 Å². The molecule has 4 nitrogen and oxygen atoms in total. The predicted octanol–water partition coefficient (Wildman–Crippen LogP) is 0.260. The first-order valence-electron chi connectivity index (χ1n) is 3.68. The average Bonchev–Trinajstić information content (AvgIpc) is 2.50. The highest BCUT2D eigenvalue weighted by molar-refractivity contribution is 5.49. The van der Waals surface area contributed by atoms with Crippen LogP contribution in [0, 0.1) is 0 Å². The summed E-state index contributed by atoms with van der Waals surface area (Å²) in [5.74, 6) is 0. The summed E-state index contributed by atoms with van der Waals surface area (Å²) < 4.78 is 0.292. The Hall–Kier alpha value is -0.710. The van der Waals surface area contributed by atoms with Crippen LogP contribution in [0.2, 0.25) is 0 Å². The molecule has 0 amide bonds. The van der Waals surface area contributed by atoms with Crippen LogP contribution in [-0.2, 0) is 4.84 Å². The van der Waals surface area contributed by atoms with Gasteiger partial charge in [-0.1, -0.05) is 0 Å². The molecule has 0 aromatic carbocycles. The van der Waals surface area contributed by atoms with Crippen molar-refractivity contribution in [2.45, 2.75) is 6.92 Å². The van der Waals surface area contributed by atoms with Crippen LogP contribution in [0.4, 0.5) is 0 Å². The lowest BCUT2D eigenvalue weighted by molar-refractivity contribution is -0.987. The summed E-state index contributed by atoms with van der Waals surface area (Å²) >= 11 is 0. The van der Waals surface area contributed by atoms with Crippen molar-refractivity contribution >= 4 is 6.34 Å². The molecule has 1 atom stereocenters. The van der Waals surface area contributed by atoms with Gasteiger partial charge in [0.25, 0.3) is 0 Å². The standard InChI is InChI=1S/C7H13N2O2/c1-2-9(11-6-5-10)4-3-8-7-9/h3-4,7,10H,2,5-6H2,1H3/q+1. The molecule has 1 aliphatic heterocycles. The van der Waals surface area contributed by atoms with E-state index in [-0.39, 0.29) is 6.61 Å². The van der Waals surface area contributed by atoms with Crippen LogP contribution in [0.1, 0.15) is 6.92 Å². The molecular formula is C7H13N2O2+. The molecule has 1 aliphatic rings. The third-order valence-electron chi connectivity index (χ3n) is 1.58. The number of aliphatic imine (C=N–C) groups is 1. The first-order valence-corrected chi connectivity index (χ1v) is 3.68. The number of quaternary nitrogens is 1. The molecule has 0 aliphatic carbocycles. The average molecular weight is 157 g/mol. The number of aliphatic hydroxyl groups is 1. The number of hydrogen-bond acceptors (Lipinski definition) is 3. The minimum Gasteiger partial charge on any atom is -0.394 e. The van der Waals surface area contributed by atoms with Gasteiger partial charge in [0.15, 0.2) is 6.20 Å². The normalized spacial score (nSPS) is 28.2. The number of hydroxylamine groups is 3. The Balaban J connectivity index is 2.47. The molecule has 0 radical (unpaired) electrons. The Morgan fingerprint density at radius 3 is 2.91 bits per heavy atom. The van der Waals surface area contributed by atoms with Gasteiger partial charge in [-0.05, 0) is 6.92 Å². The van der Waals surface area contributed by atoms with E-state index in [0.29, 0.717) is 11.3 Å². The highest BCUT2D eigenvalue weighted by Crippen LogP contribution is 2.10. The molecule has 1 unspecified atom stereocenters. The van der Waals surface area contributed by atoms with Crippen LogP contribution >= 0.6 is 0 Å². The quantitative estimate of drug-likeness (QED) is 0.595. The topological polar surface area (TPSA) is 41.8 Å². The van der Waals surface area contributed by atoms with Gasteiger partial charge in [0.2, 0.25) is 6.34 Å². The molecule has 0 saturated carbocycles. The second-order valence-electron chi connectivity index (χ2n) is 2.29. The molecule has 0 saturated heterocycles. The number of hydrogen-bond donors (Lipinski definition) is 1. The van der Waals surface area contributed by atoms with Gasteiger partial charge in [-0.2, -0.15) is 4.84 Å². The fourth-order valence-corrected chi connectivity index (χ4v) is 0.907. The Bertz CT molecular complexity index is 165. The second-order valence-corrected chi connectivity index (χ2v) is 2.29. The molecule has 1 rings (SSSR count). The van der Waals surface area contributed by atoms with E-state index in [1.165, 1.54) is 0 Å². The maximum atomic E-state index is 8.53. The van der Waals surface area contributed by atoms with Crippen molar-refractivity contribution in [3.63, 3.8) is 0 Å². The SMILES string of the molecule is CC[N+]1(OCCO)C=CN=C1. The molecule has 1 heterocycles. The van der Waals surface area contributed by atoms with Crippen molar-refractivity contribution in [3.8, 4) is 0 Å². The summed E-state index contributed by atoms with van der Waals surface area (Å²) in [6.45, 7) is 3.17. The Labute approximate surface area is 66.0 Å². The lowest BCUT2D eigenvalue weighted by Gasteiger charge is -2.22. The minimum atomic E-state index is 0.0433. The van der Waals surface area contributed by atoms with Gasteiger partial charge in [-0.3, -0.25) is 0 Å². The zero-order valence-electron chi connectivity index (χ0n) is 6.60. The van der Waals surface area contributed by atoms with Crippen LogP contribution in [0.25, 0.3) is 0 Å². The molecule has 0 aromatic heterocycles. The van der Waals surface area contributed by atoms with Gasteiger partial charge in [0.05, 0.1) is 12.8 Å². The largest absolute Gasteiger partial charge is 0.394 e. The van der Waals surface area contributed by atoms with Crippen LogP contribution in [-0.4, -0.2) is 35.8 Å². The van der Waals surface area contributed by atoms with Crippen molar-refractivity contribution in [3.05, 3.63) is 12.4 Å². The highest BCUT2D eigenvalue weighted by atomic mass is 16.7. The van der Waals surface area contributed by atoms with Crippen LogP contribution in [0.15, 0.2) is 17.4 Å². The Morgan fingerprint density at radius 1 is 1.64 bits per heavy atom. The van der Waals surface area contributed by atoms with Crippen molar-refractivity contribution < 1.29 is 14.6 Å². The van der Waals surface area contributed by atoms with Gasteiger partial charge < -0.3 is 5.11 Å². The Kier molecular flexibility index (Phi) is 2.76. The van der Waals surface area contributed by atoms with Gasteiger partial charge in [-0.25, -0.2) is 4.99 Å². The first kappa shape index (κ1) is 8.39. The summed E-state index contributed by atoms with van der Waals surface area (Å²) in [5.41, 5.74) is 0. The summed E-state index contributed by atoms with van der Waals surface area (Å²) in [5, 5.41) is 8.53. The van der Waals surface area contributed by atoms with Crippen LogP contribution < -0.4 is 0 Å². The third kappa shape index (κ3) is 1.86. The van der Waals surface area contributed by atoms with Gasteiger partial charge >= 0.3 is 0 Å². The Morgan fingerprint density at radius 2 is 2.45 bits per heavy atom. The lowest BCUT2D eigenvalue weighted by Crippen LogP contribution is -2.40. The zero-order valence-corrected chi connectivity index (χ0v) is 6.60. The van der Waals surface area contributed by atoms with E-state index in [4.69, 9.17) is 9.94 Å². The fraction of sp³-hybridized carbons (Fsp3) is 0.571. The summed E-state index contributed by atoms with van der Waals surface area (Å²) in [6.07, 6.45) is 5.24. The molecule has 0 bridgehead atoms. The fourth-order valence-electron chi connectivity index (χ4n) is 0.907. The van der Waals surface area contributed by atoms with Gasteiger partial charge in [0, 0.05) is 0 Å². The van der Waals surface area contributed by atoms with E-state index in [9.17, 15) is 0 Å². The molecule has 4 heteroatoms. The number of aliphatic hydroxyl groups excluding tert-OH is 1. The first-order chi connectivity index (χ1) is 5.33. The van der Waals surface area contributed by atoms with Crippen molar-refractivity contribution in [1.82, 2.24) is 0 Å². The molecule has 0 fully saturated rings. The highest BCUT2D eigenvalue weighted by Gasteiger charge is 2.25. The maximum absolute atomic E-state index is 8.53. The summed E-state index contributed by atoms with van der Waals surface area (Å²) in [4.78, 5) is 9.26. The molecule has 0 aromatic rings. The molecule has 62 valence electrons. The van der Waals surface area contributed by atoms with E-state index in [1.54, 1.807) is 12.5 Å². The minimum absolute atomic E-state index is 0.0433. The van der Waals surface area contributed by atoms with Crippen molar-refractivity contribution in [2.24, 2.45) is 4.99 Å².